The van der Waals surface area contributed by atoms with Gasteiger partial charge in [0.1, 0.15) is 5.82 Å². The Balaban J connectivity index is 1.35. The quantitative estimate of drug-likeness (QED) is 0.853. The van der Waals surface area contributed by atoms with Crippen LogP contribution in [0.15, 0.2) is 30.3 Å². The molecule has 1 spiro atoms. The second kappa shape index (κ2) is 5.82. The van der Waals surface area contributed by atoms with Gasteiger partial charge in [-0.15, -0.1) is 0 Å². The van der Waals surface area contributed by atoms with E-state index in [9.17, 15) is 9.18 Å². The topological polar surface area (TPSA) is 32.3 Å². The van der Waals surface area contributed by atoms with E-state index in [4.69, 9.17) is 0 Å². The number of carbonyl (C=O) groups excluding carboxylic acids is 1. The first-order chi connectivity index (χ1) is 12.9. The number of benzene rings is 2. The number of anilines is 2. The summed E-state index contributed by atoms with van der Waals surface area (Å²) in [4.78, 5) is 14.9. The van der Waals surface area contributed by atoms with Crippen LogP contribution in [0.3, 0.4) is 0 Å². The monoisotopic (exact) mass is 364 g/mol. The molecule has 3 nitrogen and oxygen atoms in total. The van der Waals surface area contributed by atoms with Crippen LogP contribution in [-0.4, -0.2) is 12.5 Å². The maximum atomic E-state index is 13.4. The molecule has 0 aromatic heterocycles. The van der Waals surface area contributed by atoms with Gasteiger partial charge in [-0.2, -0.15) is 0 Å². The highest BCUT2D eigenvalue weighted by Crippen LogP contribution is 2.70. The van der Waals surface area contributed by atoms with Crippen LogP contribution in [0.5, 0.6) is 0 Å². The Bertz CT molecular complexity index is 924. The van der Waals surface area contributed by atoms with E-state index in [1.165, 1.54) is 24.1 Å². The molecule has 0 bridgehead atoms. The van der Waals surface area contributed by atoms with Crippen LogP contribution < -0.4 is 10.2 Å². The van der Waals surface area contributed by atoms with Gasteiger partial charge >= 0.3 is 0 Å². The minimum atomic E-state index is -0.155. The van der Waals surface area contributed by atoms with Crippen molar-refractivity contribution in [2.75, 3.05) is 16.8 Å². The van der Waals surface area contributed by atoms with E-state index in [2.05, 4.69) is 36.2 Å². The van der Waals surface area contributed by atoms with Gasteiger partial charge < -0.3 is 10.2 Å². The molecule has 1 amide bonds. The maximum Gasteiger partial charge on any atom is 0.228 e. The Labute approximate surface area is 159 Å². The van der Waals surface area contributed by atoms with Crippen LogP contribution in [0.4, 0.5) is 15.8 Å². The molecule has 1 N–H and O–H groups in total. The second-order valence-corrected chi connectivity index (χ2v) is 8.65. The van der Waals surface area contributed by atoms with Crippen molar-refractivity contribution >= 4 is 17.3 Å². The summed E-state index contributed by atoms with van der Waals surface area (Å²) >= 11 is 0. The zero-order valence-electron chi connectivity index (χ0n) is 15.9. The van der Waals surface area contributed by atoms with Crippen molar-refractivity contribution in [1.29, 1.82) is 0 Å². The van der Waals surface area contributed by atoms with Crippen LogP contribution >= 0.6 is 0 Å². The van der Waals surface area contributed by atoms with Gasteiger partial charge in [0.25, 0.3) is 0 Å². The second-order valence-electron chi connectivity index (χ2n) is 8.65. The van der Waals surface area contributed by atoms with E-state index in [-0.39, 0.29) is 17.6 Å². The van der Waals surface area contributed by atoms with Crippen molar-refractivity contribution in [1.82, 2.24) is 0 Å². The molecule has 3 aliphatic rings. The number of hydrogen-bond acceptors (Lipinski definition) is 2. The molecule has 1 unspecified atom stereocenters. The van der Waals surface area contributed by atoms with Gasteiger partial charge in [-0.25, -0.2) is 4.39 Å². The van der Waals surface area contributed by atoms with Crippen LogP contribution in [-0.2, 0) is 17.8 Å². The molecule has 0 radical (unpaired) electrons. The van der Waals surface area contributed by atoms with Crippen molar-refractivity contribution in [2.24, 2.45) is 11.3 Å². The Hall–Kier alpha value is -2.36. The highest BCUT2D eigenvalue weighted by atomic mass is 19.1. The summed E-state index contributed by atoms with van der Waals surface area (Å²) in [6.45, 7) is 5.81. The molecule has 2 aromatic carbocycles. The Morgan fingerprint density at radius 3 is 2.56 bits per heavy atom. The summed E-state index contributed by atoms with van der Waals surface area (Å²) in [5.41, 5.74) is 7.03. The molecule has 2 saturated carbocycles. The first kappa shape index (κ1) is 16.8. The van der Waals surface area contributed by atoms with Crippen LogP contribution in [0.2, 0.25) is 0 Å². The number of halogens is 1. The Morgan fingerprint density at radius 2 is 1.89 bits per heavy atom. The highest BCUT2D eigenvalue weighted by molar-refractivity contribution is 5.97. The van der Waals surface area contributed by atoms with Gasteiger partial charge in [0, 0.05) is 30.4 Å². The lowest BCUT2D eigenvalue weighted by Gasteiger charge is -2.31. The van der Waals surface area contributed by atoms with Crippen LogP contribution in [0, 0.1) is 31.0 Å². The zero-order valence-corrected chi connectivity index (χ0v) is 15.9. The van der Waals surface area contributed by atoms with Gasteiger partial charge in [-0.1, -0.05) is 6.07 Å². The van der Waals surface area contributed by atoms with Crippen molar-refractivity contribution in [3.8, 4) is 0 Å². The average molecular weight is 364 g/mol. The molecular formula is C23H25FN2O. The first-order valence-electron chi connectivity index (χ1n) is 9.90. The molecule has 2 aliphatic carbocycles. The smallest absolute Gasteiger partial charge is 0.228 e. The van der Waals surface area contributed by atoms with E-state index in [0.717, 1.165) is 48.3 Å². The standard InChI is InChI=1S/C23H25FN2O/c1-14-9-19(26-8-5-16-11-18(24)4-3-17(16)13-26)10-15(2)21(14)25-22(27)20-12-23(20)6-7-23/h3-4,9-11,20H,5-8,12-13H2,1-2H3,(H,25,27). The molecule has 4 heteroatoms. The summed E-state index contributed by atoms with van der Waals surface area (Å²) in [5, 5.41) is 3.19. The fourth-order valence-electron chi connectivity index (χ4n) is 4.70. The molecule has 1 atom stereocenters. The minimum absolute atomic E-state index is 0.155. The molecule has 27 heavy (non-hydrogen) atoms. The summed E-state index contributed by atoms with van der Waals surface area (Å²) < 4.78 is 13.4. The third-order valence-electron chi connectivity index (χ3n) is 6.71. The van der Waals surface area contributed by atoms with Crippen LogP contribution in [0.1, 0.15) is 41.5 Å². The van der Waals surface area contributed by atoms with Crippen molar-refractivity contribution in [3.63, 3.8) is 0 Å². The number of nitrogens with zero attached hydrogens (tertiary/aromatic N) is 1. The van der Waals surface area contributed by atoms with Gasteiger partial charge in [0.2, 0.25) is 5.91 Å². The summed E-state index contributed by atoms with van der Waals surface area (Å²) in [5.74, 6) is 0.271. The van der Waals surface area contributed by atoms with E-state index < -0.39 is 0 Å². The molecule has 140 valence electrons. The average Bonchev–Trinajstić information content (AvgIpc) is 3.56. The van der Waals surface area contributed by atoms with E-state index >= 15 is 0 Å². The summed E-state index contributed by atoms with van der Waals surface area (Å²) in [6, 6.07) is 9.43. The predicted octanol–water partition coefficient (Wildman–Crippen LogP) is 4.74. The lowest BCUT2D eigenvalue weighted by molar-refractivity contribution is -0.117. The van der Waals surface area contributed by atoms with Crippen molar-refractivity contribution in [3.05, 3.63) is 58.4 Å². The number of amides is 1. The zero-order chi connectivity index (χ0) is 18.8. The lowest BCUT2D eigenvalue weighted by atomic mass is 9.98. The Kier molecular flexibility index (Phi) is 3.62. The van der Waals surface area contributed by atoms with Gasteiger partial charge in [0.05, 0.1) is 0 Å². The molecule has 2 fully saturated rings. The summed E-state index contributed by atoms with van der Waals surface area (Å²) in [6.07, 6.45) is 4.38. The third-order valence-corrected chi connectivity index (χ3v) is 6.71. The minimum Gasteiger partial charge on any atom is -0.367 e. The number of hydrogen-bond donors (Lipinski definition) is 1. The van der Waals surface area contributed by atoms with Crippen molar-refractivity contribution in [2.45, 2.75) is 46.1 Å². The van der Waals surface area contributed by atoms with Crippen molar-refractivity contribution < 1.29 is 9.18 Å². The fraction of sp³-hybridized carbons (Fsp3) is 0.435. The third kappa shape index (κ3) is 2.91. The maximum absolute atomic E-state index is 13.4. The molecule has 0 saturated heterocycles. The number of carbonyl (C=O) groups is 1. The molecular weight excluding hydrogens is 339 g/mol. The lowest BCUT2D eigenvalue weighted by Crippen LogP contribution is -2.30. The normalized spacial score (nSPS) is 21.7. The van der Waals surface area contributed by atoms with E-state index in [1.54, 1.807) is 12.1 Å². The van der Waals surface area contributed by atoms with Crippen LogP contribution in [0.25, 0.3) is 0 Å². The first-order valence-corrected chi connectivity index (χ1v) is 9.90. The number of nitrogens with one attached hydrogen (secondary N) is 1. The summed E-state index contributed by atoms with van der Waals surface area (Å²) in [7, 11) is 0. The molecule has 2 aromatic rings. The molecule has 1 aliphatic heterocycles. The number of aryl methyl sites for hydroxylation is 2. The molecule has 5 rings (SSSR count). The largest absolute Gasteiger partial charge is 0.367 e. The van der Waals surface area contributed by atoms with E-state index in [1.807, 2.05) is 6.07 Å². The fourth-order valence-corrected chi connectivity index (χ4v) is 4.70. The molecule has 1 heterocycles. The van der Waals surface area contributed by atoms with E-state index in [0.29, 0.717) is 5.41 Å². The predicted molar refractivity (Wildman–Crippen MR) is 105 cm³/mol. The SMILES string of the molecule is Cc1cc(N2CCc3cc(F)ccc3C2)cc(C)c1NC(=O)C1CC12CC2. The van der Waals surface area contributed by atoms with Gasteiger partial charge in [0.15, 0.2) is 0 Å². The highest BCUT2D eigenvalue weighted by Gasteiger charge is 2.65. The number of fused-ring (bicyclic) bond motifs is 1. The van der Waals surface area contributed by atoms with Gasteiger partial charge in [-0.3, -0.25) is 4.79 Å². The number of rotatable bonds is 3. The van der Waals surface area contributed by atoms with Gasteiger partial charge in [-0.05, 0) is 91.5 Å². The Morgan fingerprint density at radius 1 is 1.15 bits per heavy atom.